The largest absolute Gasteiger partial charge is 0.404 e. The Hall–Kier alpha value is -1.36. The van der Waals surface area contributed by atoms with Crippen molar-refractivity contribution in [3.8, 4) is 0 Å². The number of nitrogens with one attached hydrogen (secondary N) is 1. The van der Waals surface area contributed by atoms with E-state index >= 15 is 0 Å². The first-order valence-corrected chi connectivity index (χ1v) is 4.32. The van der Waals surface area contributed by atoms with Gasteiger partial charge in [0.1, 0.15) is 5.82 Å². The van der Waals surface area contributed by atoms with Gasteiger partial charge in [-0.3, -0.25) is 0 Å². The van der Waals surface area contributed by atoms with Crippen molar-refractivity contribution in [2.45, 2.75) is 0 Å². The van der Waals surface area contributed by atoms with Gasteiger partial charge in [-0.2, -0.15) is 0 Å². The number of nitrogens with two attached hydrogens (primary N) is 2. The number of nitrogens with zero attached hydrogens (tertiary/aromatic N) is 1. The fraction of sp³-hybridized carbons (Fsp3) is 0. The molecule has 0 amide bonds. The maximum absolute atomic E-state index is 7.09. The first-order chi connectivity index (χ1) is 6.19. The minimum absolute atomic E-state index is 0.364. The zero-order chi connectivity index (χ0) is 9.84. The lowest BCUT2D eigenvalue weighted by Gasteiger charge is -2.04. The second-order valence-electron chi connectivity index (χ2n) is 2.35. The predicted octanol–water partition coefficient (Wildman–Crippen LogP) is 1.38. The molecule has 0 aliphatic carbocycles. The Labute approximate surface area is 84.3 Å². The summed E-state index contributed by atoms with van der Waals surface area (Å²) in [5, 5.41) is 7.09. The molecule has 0 aromatic carbocycles. The molecule has 0 aliphatic heterocycles. The van der Waals surface area contributed by atoms with Crippen LogP contribution in [0.1, 0.15) is 5.56 Å². The lowest BCUT2D eigenvalue weighted by molar-refractivity contribution is 1.30. The van der Waals surface area contributed by atoms with E-state index in [0.29, 0.717) is 17.0 Å². The third-order valence-corrected chi connectivity index (χ3v) is 1.96. The van der Waals surface area contributed by atoms with E-state index in [1.165, 1.54) is 6.20 Å². The Balaban J connectivity index is 3.27. The molecule has 0 spiro atoms. The van der Waals surface area contributed by atoms with Gasteiger partial charge in [0.05, 0.1) is 0 Å². The molecular formula is C8H9BrN4. The van der Waals surface area contributed by atoms with Crippen LogP contribution in [0.4, 0.5) is 5.82 Å². The van der Waals surface area contributed by atoms with Crippen molar-refractivity contribution in [3.05, 3.63) is 28.5 Å². The zero-order valence-electron chi connectivity index (χ0n) is 6.79. The highest BCUT2D eigenvalue weighted by Gasteiger charge is 2.04. The number of aromatic nitrogens is 1. The summed E-state index contributed by atoms with van der Waals surface area (Å²) < 4.78 is 0.804. The van der Waals surface area contributed by atoms with Gasteiger partial charge in [0.25, 0.3) is 0 Å². The molecule has 0 unspecified atom stereocenters. The van der Waals surface area contributed by atoms with Crippen LogP contribution in [0.2, 0.25) is 0 Å². The topological polar surface area (TPSA) is 88.8 Å². The van der Waals surface area contributed by atoms with E-state index in [1.54, 1.807) is 12.3 Å². The summed E-state index contributed by atoms with van der Waals surface area (Å²) in [6.07, 6.45) is 4.06. The van der Waals surface area contributed by atoms with Gasteiger partial charge in [-0.25, -0.2) is 4.98 Å². The van der Waals surface area contributed by atoms with Crippen molar-refractivity contribution in [1.29, 1.82) is 5.41 Å². The van der Waals surface area contributed by atoms with Crippen LogP contribution in [-0.4, -0.2) is 11.2 Å². The van der Waals surface area contributed by atoms with Crippen molar-refractivity contribution in [2.75, 3.05) is 5.73 Å². The second kappa shape index (κ2) is 4.04. The molecule has 5 heteroatoms. The standard InChI is InChI=1S/C8H9BrN4/c9-6-1-7(5(2-10)3-11)8(12)13-4-6/h1-4,10H,11H2,(H2,12,13)/b5-3+,10-2?. The SMILES string of the molecule is N=C/C(=C\N)c1cc(Br)cnc1N. The van der Waals surface area contributed by atoms with E-state index in [9.17, 15) is 0 Å². The van der Waals surface area contributed by atoms with Crippen molar-refractivity contribution < 1.29 is 0 Å². The van der Waals surface area contributed by atoms with Gasteiger partial charge in [-0.15, -0.1) is 0 Å². The molecule has 1 heterocycles. The van der Waals surface area contributed by atoms with Crippen molar-refractivity contribution in [2.24, 2.45) is 5.73 Å². The molecule has 0 aliphatic rings. The minimum Gasteiger partial charge on any atom is -0.404 e. The summed E-state index contributed by atoms with van der Waals surface area (Å²) >= 11 is 3.26. The Morgan fingerprint density at radius 3 is 2.85 bits per heavy atom. The Kier molecular flexibility index (Phi) is 3.02. The van der Waals surface area contributed by atoms with E-state index in [-0.39, 0.29) is 0 Å². The third kappa shape index (κ3) is 2.06. The molecule has 68 valence electrons. The quantitative estimate of drug-likeness (QED) is 0.683. The zero-order valence-corrected chi connectivity index (χ0v) is 8.38. The van der Waals surface area contributed by atoms with Gasteiger partial charge in [-0.1, -0.05) is 0 Å². The Morgan fingerprint density at radius 2 is 2.31 bits per heavy atom. The number of pyridine rings is 1. The average molecular weight is 241 g/mol. The highest BCUT2D eigenvalue weighted by Crippen LogP contribution is 2.21. The van der Waals surface area contributed by atoms with E-state index in [1.807, 2.05) is 0 Å². The summed E-state index contributed by atoms with van der Waals surface area (Å²) in [6.45, 7) is 0. The number of hydrogen-bond donors (Lipinski definition) is 3. The second-order valence-corrected chi connectivity index (χ2v) is 3.27. The number of allylic oxidation sites excluding steroid dienone is 1. The van der Waals surface area contributed by atoms with Crippen LogP contribution >= 0.6 is 15.9 Å². The van der Waals surface area contributed by atoms with E-state index < -0.39 is 0 Å². The first kappa shape index (κ1) is 9.73. The molecule has 5 N–H and O–H groups in total. The molecule has 0 fully saturated rings. The number of anilines is 1. The Bertz CT molecular complexity index is 359. The van der Waals surface area contributed by atoms with Crippen LogP contribution in [-0.2, 0) is 0 Å². The molecule has 1 aromatic rings. The summed E-state index contributed by atoms with van der Waals surface area (Å²) in [6, 6.07) is 1.77. The molecule has 0 radical (unpaired) electrons. The minimum atomic E-state index is 0.364. The van der Waals surface area contributed by atoms with Gasteiger partial charge >= 0.3 is 0 Å². The molecule has 13 heavy (non-hydrogen) atoms. The van der Waals surface area contributed by atoms with Crippen LogP contribution in [0.15, 0.2) is 22.9 Å². The van der Waals surface area contributed by atoms with E-state index in [2.05, 4.69) is 20.9 Å². The molecule has 0 atom stereocenters. The molecular weight excluding hydrogens is 232 g/mol. The summed E-state index contributed by atoms with van der Waals surface area (Å²) in [5.74, 6) is 0.364. The number of hydrogen-bond acceptors (Lipinski definition) is 4. The van der Waals surface area contributed by atoms with Gasteiger partial charge in [0.15, 0.2) is 0 Å². The van der Waals surface area contributed by atoms with E-state index in [0.717, 1.165) is 10.7 Å². The molecule has 0 saturated heterocycles. The maximum Gasteiger partial charge on any atom is 0.131 e. The normalized spacial score (nSPS) is 11.3. The smallest absolute Gasteiger partial charge is 0.131 e. The van der Waals surface area contributed by atoms with Crippen LogP contribution in [0.25, 0.3) is 5.57 Å². The van der Waals surface area contributed by atoms with Crippen LogP contribution < -0.4 is 11.5 Å². The number of nitrogen functional groups attached to an aromatic ring is 1. The van der Waals surface area contributed by atoms with Crippen LogP contribution in [0.3, 0.4) is 0 Å². The molecule has 0 saturated carbocycles. The lowest BCUT2D eigenvalue weighted by atomic mass is 10.1. The first-order valence-electron chi connectivity index (χ1n) is 3.52. The molecule has 1 rings (SSSR count). The Morgan fingerprint density at radius 1 is 1.62 bits per heavy atom. The maximum atomic E-state index is 7.09. The van der Waals surface area contributed by atoms with Gasteiger partial charge in [0, 0.05) is 34.2 Å². The fourth-order valence-corrected chi connectivity index (χ4v) is 1.23. The summed E-state index contributed by atoms with van der Waals surface area (Å²) in [5.41, 5.74) is 12.1. The highest BCUT2D eigenvalue weighted by molar-refractivity contribution is 9.10. The van der Waals surface area contributed by atoms with Crippen molar-refractivity contribution >= 4 is 33.5 Å². The molecule has 4 nitrogen and oxygen atoms in total. The number of rotatable bonds is 2. The van der Waals surface area contributed by atoms with Crippen molar-refractivity contribution in [1.82, 2.24) is 4.98 Å². The summed E-state index contributed by atoms with van der Waals surface area (Å²) in [7, 11) is 0. The van der Waals surface area contributed by atoms with Gasteiger partial charge in [0.2, 0.25) is 0 Å². The van der Waals surface area contributed by atoms with Crippen molar-refractivity contribution in [3.63, 3.8) is 0 Å². The molecule has 1 aromatic heterocycles. The fourth-order valence-electron chi connectivity index (χ4n) is 0.897. The predicted molar refractivity (Wildman–Crippen MR) is 57.3 cm³/mol. The average Bonchev–Trinajstić information content (AvgIpc) is 2.13. The monoisotopic (exact) mass is 240 g/mol. The van der Waals surface area contributed by atoms with Crippen LogP contribution in [0.5, 0.6) is 0 Å². The number of halogens is 1. The van der Waals surface area contributed by atoms with Crippen LogP contribution in [0, 0.1) is 5.41 Å². The third-order valence-electron chi connectivity index (χ3n) is 1.53. The van der Waals surface area contributed by atoms with Gasteiger partial charge < -0.3 is 16.9 Å². The lowest BCUT2D eigenvalue weighted by Crippen LogP contribution is -1.99. The van der Waals surface area contributed by atoms with Gasteiger partial charge in [-0.05, 0) is 22.0 Å². The summed E-state index contributed by atoms with van der Waals surface area (Å²) in [4.78, 5) is 3.93. The van der Waals surface area contributed by atoms with E-state index in [4.69, 9.17) is 16.9 Å². The molecule has 0 bridgehead atoms. The highest BCUT2D eigenvalue weighted by atomic mass is 79.9.